The van der Waals surface area contributed by atoms with Crippen molar-refractivity contribution < 1.29 is 4.74 Å². The van der Waals surface area contributed by atoms with Gasteiger partial charge in [0.2, 0.25) is 0 Å². The van der Waals surface area contributed by atoms with Gasteiger partial charge >= 0.3 is 0 Å². The SMILES string of the molecule is COc1ccc2ccccc2c1-c1ccc[nH]1. The van der Waals surface area contributed by atoms with Crippen LogP contribution in [0.3, 0.4) is 0 Å². The zero-order valence-corrected chi connectivity index (χ0v) is 9.60. The van der Waals surface area contributed by atoms with Crippen LogP contribution in [0.2, 0.25) is 0 Å². The number of aromatic nitrogens is 1. The number of benzene rings is 2. The molecule has 1 heterocycles. The van der Waals surface area contributed by atoms with Crippen LogP contribution in [0.4, 0.5) is 0 Å². The van der Waals surface area contributed by atoms with Gasteiger partial charge in [-0.1, -0.05) is 30.3 Å². The van der Waals surface area contributed by atoms with Crippen molar-refractivity contribution in [1.29, 1.82) is 0 Å². The van der Waals surface area contributed by atoms with Crippen LogP contribution >= 0.6 is 0 Å². The molecule has 0 radical (unpaired) electrons. The Labute approximate surface area is 99.9 Å². The van der Waals surface area contributed by atoms with Crippen LogP contribution < -0.4 is 4.74 Å². The first-order valence-electron chi connectivity index (χ1n) is 5.59. The zero-order chi connectivity index (χ0) is 11.7. The second-order valence-corrected chi connectivity index (χ2v) is 3.95. The molecule has 0 spiro atoms. The van der Waals surface area contributed by atoms with Crippen LogP contribution in [0.25, 0.3) is 22.0 Å². The van der Waals surface area contributed by atoms with Crippen molar-refractivity contribution in [3.8, 4) is 17.0 Å². The molecule has 0 aliphatic carbocycles. The number of rotatable bonds is 2. The third-order valence-corrected chi connectivity index (χ3v) is 2.98. The van der Waals surface area contributed by atoms with Crippen molar-refractivity contribution in [2.24, 2.45) is 0 Å². The number of hydrogen-bond donors (Lipinski definition) is 1. The standard InChI is InChI=1S/C15H13NO/c1-17-14-9-8-11-5-2-3-6-12(11)15(14)13-7-4-10-16-13/h2-10,16H,1H3. The van der Waals surface area contributed by atoms with E-state index >= 15 is 0 Å². The van der Waals surface area contributed by atoms with Crippen molar-refractivity contribution >= 4 is 10.8 Å². The Morgan fingerprint density at radius 1 is 0.941 bits per heavy atom. The Bertz CT molecular complexity index is 641. The fourth-order valence-electron chi connectivity index (χ4n) is 2.19. The molecular weight excluding hydrogens is 210 g/mol. The summed E-state index contributed by atoms with van der Waals surface area (Å²) in [5.41, 5.74) is 2.20. The smallest absolute Gasteiger partial charge is 0.128 e. The van der Waals surface area contributed by atoms with Gasteiger partial charge in [0.15, 0.2) is 0 Å². The number of ether oxygens (including phenoxy) is 1. The summed E-state index contributed by atoms with van der Waals surface area (Å²) in [5, 5.41) is 2.42. The second-order valence-electron chi connectivity index (χ2n) is 3.95. The number of hydrogen-bond acceptors (Lipinski definition) is 1. The molecule has 3 rings (SSSR count). The van der Waals surface area contributed by atoms with E-state index in [1.54, 1.807) is 7.11 Å². The van der Waals surface area contributed by atoms with Gasteiger partial charge in [-0.25, -0.2) is 0 Å². The van der Waals surface area contributed by atoms with Gasteiger partial charge in [-0.15, -0.1) is 0 Å². The van der Waals surface area contributed by atoms with E-state index in [1.807, 2.05) is 30.5 Å². The van der Waals surface area contributed by atoms with Crippen molar-refractivity contribution in [2.45, 2.75) is 0 Å². The van der Waals surface area contributed by atoms with Gasteiger partial charge in [0.25, 0.3) is 0 Å². The summed E-state index contributed by atoms with van der Waals surface area (Å²) in [6.07, 6.45) is 1.93. The number of methoxy groups -OCH3 is 1. The first kappa shape index (κ1) is 9.97. The summed E-state index contributed by atoms with van der Waals surface area (Å²) in [4.78, 5) is 3.24. The van der Waals surface area contributed by atoms with Gasteiger partial charge in [-0.3, -0.25) is 0 Å². The highest BCUT2D eigenvalue weighted by molar-refractivity contribution is 5.98. The zero-order valence-electron chi connectivity index (χ0n) is 9.60. The Balaban J connectivity index is 2.39. The maximum Gasteiger partial charge on any atom is 0.128 e. The summed E-state index contributed by atoms with van der Waals surface area (Å²) < 4.78 is 5.46. The van der Waals surface area contributed by atoms with Crippen LogP contribution in [0, 0.1) is 0 Å². The number of fused-ring (bicyclic) bond motifs is 1. The topological polar surface area (TPSA) is 25.0 Å². The number of H-pyrrole nitrogens is 1. The first-order chi connectivity index (χ1) is 8.40. The highest BCUT2D eigenvalue weighted by Crippen LogP contribution is 2.35. The third-order valence-electron chi connectivity index (χ3n) is 2.98. The number of nitrogens with one attached hydrogen (secondary N) is 1. The molecule has 0 fully saturated rings. The fraction of sp³-hybridized carbons (Fsp3) is 0.0667. The summed E-state index contributed by atoms with van der Waals surface area (Å²) in [5.74, 6) is 0.895. The van der Waals surface area contributed by atoms with E-state index in [0.29, 0.717) is 0 Å². The van der Waals surface area contributed by atoms with Crippen molar-refractivity contribution in [2.75, 3.05) is 7.11 Å². The molecule has 2 nitrogen and oxygen atoms in total. The summed E-state index contributed by atoms with van der Waals surface area (Å²) in [6, 6.07) is 16.5. The molecule has 84 valence electrons. The molecular formula is C15H13NO. The molecule has 0 saturated heterocycles. The molecule has 0 amide bonds. The van der Waals surface area contributed by atoms with Crippen LogP contribution in [0.5, 0.6) is 5.75 Å². The lowest BCUT2D eigenvalue weighted by Crippen LogP contribution is -1.89. The van der Waals surface area contributed by atoms with Crippen molar-refractivity contribution in [3.05, 3.63) is 54.7 Å². The molecule has 2 heteroatoms. The van der Waals surface area contributed by atoms with E-state index in [9.17, 15) is 0 Å². The Morgan fingerprint density at radius 2 is 1.82 bits per heavy atom. The molecule has 0 saturated carbocycles. The van der Waals surface area contributed by atoms with E-state index in [0.717, 1.165) is 17.0 Å². The highest BCUT2D eigenvalue weighted by atomic mass is 16.5. The van der Waals surface area contributed by atoms with Gasteiger partial charge < -0.3 is 9.72 Å². The molecule has 1 aromatic heterocycles. The number of aromatic amines is 1. The lowest BCUT2D eigenvalue weighted by molar-refractivity contribution is 0.417. The predicted molar refractivity (Wildman–Crippen MR) is 70.3 cm³/mol. The van der Waals surface area contributed by atoms with Gasteiger partial charge in [0.1, 0.15) is 5.75 Å². The minimum absolute atomic E-state index is 0.895. The third kappa shape index (κ3) is 1.58. The monoisotopic (exact) mass is 223 g/mol. The molecule has 0 aliphatic heterocycles. The molecule has 0 atom stereocenters. The summed E-state index contributed by atoms with van der Waals surface area (Å²) in [7, 11) is 1.70. The lowest BCUT2D eigenvalue weighted by atomic mass is 10.0. The van der Waals surface area contributed by atoms with Crippen LogP contribution in [-0.2, 0) is 0 Å². The predicted octanol–water partition coefficient (Wildman–Crippen LogP) is 3.84. The largest absolute Gasteiger partial charge is 0.496 e. The van der Waals surface area contributed by atoms with Crippen LogP contribution in [-0.4, -0.2) is 12.1 Å². The van der Waals surface area contributed by atoms with Gasteiger partial charge in [-0.2, -0.15) is 0 Å². The minimum Gasteiger partial charge on any atom is -0.496 e. The van der Waals surface area contributed by atoms with Crippen LogP contribution in [0.15, 0.2) is 54.7 Å². The fourth-order valence-corrected chi connectivity index (χ4v) is 2.19. The van der Waals surface area contributed by atoms with Gasteiger partial charge in [0, 0.05) is 17.5 Å². The van der Waals surface area contributed by atoms with E-state index in [4.69, 9.17) is 4.74 Å². The van der Waals surface area contributed by atoms with Crippen LogP contribution in [0.1, 0.15) is 0 Å². The van der Waals surface area contributed by atoms with Gasteiger partial charge in [0.05, 0.1) is 7.11 Å². The quantitative estimate of drug-likeness (QED) is 0.701. The minimum atomic E-state index is 0.895. The Hall–Kier alpha value is -2.22. The Morgan fingerprint density at radius 3 is 2.59 bits per heavy atom. The van der Waals surface area contributed by atoms with E-state index in [-0.39, 0.29) is 0 Å². The summed E-state index contributed by atoms with van der Waals surface area (Å²) in [6.45, 7) is 0. The maximum absolute atomic E-state index is 5.46. The average Bonchev–Trinajstić information content (AvgIpc) is 2.91. The molecule has 17 heavy (non-hydrogen) atoms. The highest BCUT2D eigenvalue weighted by Gasteiger charge is 2.10. The Kier molecular flexibility index (Phi) is 2.33. The molecule has 2 aromatic carbocycles. The van der Waals surface area contributed by atoms with Crippen molar-refractivity contribution in [3.63, 3.8) is 0 Å². The molecule has 3 aromatic rings. The summed E-state index contributed by atoms with van der Waals surface area (Å²) >= 11 is 0. The lowest BCUT2D eigenvalue weighted by Gasteiger charge is -2.10. The van der Waals surface area contributed by atoms with Crippen molar-refractivity contribution in [1.82, 2.24) is 4.98 Å². The van der Waals surface area contributed by atoms with E-state index in [1.165, 1.54) is 10.8 Å². The molecule has 0 bridgehead atoms. The average molecular weight is 223 g/mol. The van der Waals surface area contributed by atoms with E-state index in [2.05, 4.69) is 29.2 Å². The second kappa shape index (κ2) is 3.98. The van der Waals surface area contributed by atoms with Gasteiger partial charge in [-0.05, 0) is 29.0 Å². The molecule has 0 aliphatic rings. The normalized spacial score (nSPS) is 10.6. The molecule has 0 unspecified atom stereocenters. The maximum atomic E-state index is 5.46. The molecule has 1 N–H and O–H groups in total. The first-order valence-corrected chi connectivity index (χ1v) is 5.59. The van der Waals surface area contributed by atoms with E-state index < -0.39 is 0 Å².